The van der Waals surface area contributed by atoms with Gasteiger partial charge in [0, 0.05) is 6.07 Å². The summed E-state index contributed by atoms with van der Waals surface area (Å²) in [5, 5.41) is 0. The van der Waals surface area contributed by atoms with E-state index in [-0.39, 0.29) is 0 Å². The van der Waals surface area contributed by atoms with Gasteiger partial charge >= 0.3 is 18.2 Å². The highest BCUT2D eigenvalue weighted by molar-refractivity contribution is 7.22. The molecular formula is C4H3Cl2MgO. The highest BCUT2D eigenvalue weighted by Gasteiger charge is 1.64. The fourth-order valence-corrected chi connectivity index (χ4v) is 0.196. The molecular weight excluding hydrogens is 159 g/mol. The van der Waals surface area contributed by atoms with Crippen molar-refractivity contribution in [3.63, 3.8) is 0 Å². The molecule has 0 aromatic carbocycles. The van der Waals surface area contributed by atoms with Crippen molar-refractivity contribution in [1.29, 1.82) is 0 Å². The van der Waals surface area contributed by atoms with E-state index in [1.807, 2.05) is 0 Å². The molecule has 0 aliphatic carbocycles. The second-order valence-corrected chi connectivity index (χ2v) is 3.45. The molecule has 1 aromatic heterocycles. The largest absolute Gasteiger partial charge is 0.618 e. The third kappa shape index (κ3) is 6.63. The van der Waals surface area contributed by atoms with Gasteiger partial charge in [0.25, 0.3) is 0 Å². The summed E-state index contributed by atoms with van der Waals surface area (Å²) < 4.78 is 4.53. The lowest BCUT2D eigenvalue weighted by molar-refractivity contribution is 0.567. The van der Waals surface area contributed by atoms with Crippen LogP contribution in [0.25, 0.3) is 0 Å². The zero-order valence-electron chi connectivity index (χ0n) is 4.10. The van der Waals surface area contributed by atoms with Crippen LogP contribution in [0, 0.1) is 6.07 Å². The number of hydrogen-bond donors (Lipinski definition) is 0. The van der Waals surface area contributed by atoms with Crippen LogP contribution in [-0.2, 0) is 0 Å². The molecule has 1 radical (unpaired) electrons. The molecule has 1 heterocycles. The zero-order chi connectivity index (χ0) is 6.24. The lowest BCUT2D eigenvalue weighted by atomic mass is 10.7. The maximum Gasteiger partial charge on any atom is 0.618 e. The first kappa shape index (κ1) is 8.63. The highest BCUT2D eigenvalue weighted by atomic mass is 35.6. The van der Waals surface area contributed by atoms with Gasteiger partial charge in [-0.3, -0.25) is 0 Å². The Morgan fingerprint density at radius 1 is 1.50 bits per heavy atom. The molecule has 1 nitrogen and oxygen atoms in total. The summed E-state index contributed by atoms with van der Waals surface area (Å²) in [6.45, 7) is 0. The van der Waals surface area contributed by atoms with Crippen LogP contribution >= 0.6 is 18.1 Å². The quantitative estimate of drug-likeness (QED) is 0.532. The van der Waals surface area contributed by atoms with E-state index in [0.29, 0.717) is 0 Å². The Labute approximate surface area is 65.2 Å². The minimum absolute atomic E-state index is 0.639. The molecule has 4 heteroatoms. The summed E-state index contributed by atoms with van der Waals surface area (Å²) in [7, 11) is 9.81. The van der Waals surface area contributed by atoms with Crippen LogP contribution in [0.4, 0.5) is 0 Å². The normalized spacial score (nSPS) is 6.25. The fourth-order valence-electron chi connectivity index (χ4n) is 0.196. The van der Waals surface area contributed by atoms with Crippen molar-refractivity contribution in [2.75, 3.05) is 0 Å². The van der Waals surface area contributed by atoms with Crippen LogP contribution < -0.4 is 0 Å². The molecule has 0 aliphatic heterocycles. The van der Waals surface area contributed by atoms with Gasteiger partial charge in [-0.1, -0.05) is 0 Å². The van der Waals surface area contributed by atoms with E-state index in [2.05, 4.69) is 10.5 Å². The molecule has 8 heavy (non-hydrogen) atoms. The van der Waals surface area contributed by atoms with Crippen LogP contribution in [-0.4, -0.2) is 18.2 Å². The molecule has 0 aliphatic rings. The first-order chi connectivity index (χ1) is 3.91. The summed E-state index contributed by atoms with van der Waals surface area (Å²) in [5.74, 6) is 0. The minimum Gasteiger partial charge on any atom is -0.472 e. The summed E-state index contributed by atoms with van der Waals surface area (Å²) in [4.78, 5) is 0. The Morgan fingerprint density at radius 3 is 2.25 bits per heavy atom. The van der Waals surface area contributed by atoms with Gasteiger partial charge in [-0.25, -0.2) is 0 Å². The fraction of sp³-hybridized carbons (Fsp3) is 0. The molecule has 0 fully saturated rings. The Morgan fingerprint density at radius 2 is 2.12 bits per heavy atom. The molecule has 41 valence electrons. The van der Waals surface area contributed by atoms with Crippen LogP contribution in [0.15, 0.2) is 23.0 Å². The standard InChI is InChI=1S/C4H3O.2ClH.Mg/c1-2-4-5-3-1;;;/h1,3-4H;2*1H;/q;;;+2/p-2. The summed E-state index contributed by atoms with van der Waals surface area (Å²) >= 11 is -0.639. The monoisotopic (exact) mass is 161 g/mol. The van der Waals surface area contributed by atoms with Crippen molar-refractivity contribution in [3.8, 4) is 0 Å². The Balaban J connectivity index is 0.000000145. The molecule has 0 saturated heterocycles. The van der Waals surface area contributed by atoms with Gasteiger partial charge in [0.1, 0.15) is 0 Å². The molecule has 0 amide bonds. The third-order valence-corrected chi connectivity index (χ3v) is 0.379. The lowest BCUT2D eigenvalue weighted by Crippen LogP contribution is -1.36. The van der Waals surface area contributed by atoms with Crippen molar-refractivity contribution >= 4 is 36.3 Å². The smallest absolute Gasteiger partial charge is 0.472 e. The molecule has 0 saturated carbocycles. The van der Waals surface area contributed by atoms with E-state index >= 15 is 0 Å². The Bertz CT molecular complexity index is 80.9. The number of halogens is 2. The second-order valence-electron chi connectivity index (χ2n) is 0.824. The topological polar surface area (TPSA) is 13.1 Å². The first-order valence-corrected chi connectivity index (χ1v) is 6.19. The van der Waals surface area contributed by atoms with Gasteiger partial charge in [0.15, 0.2) is 0 Å². The molecule has 0 N–H and O–H groups in total. The average molecular weight is 162 g/mol. The predicted molar refractivity (Wildman–Crippen MR) is 35.0 cm³/mol. The first-order valence-electron chi connectivity index (χ1n) is 1.92. The maximum absolute atomic E-state index is 4.90. The molecule has 0 unspecified atom stereocenters. The Kier molecular flexibility index (Phi) is 8.22. The van der Waals surface area contributed by atoms with Crippen molar-refractivity contribution in [2.24, 2.45) is 0 Å². The summed E-state index contributed by atoms with van der Waals surface area (Å²) in [6, 6.07) is 4.40. The molecule has 0 atom stereocenters. The summed E-state index contributed by atoms with van der Waals surface area (Å²) in [6.07, 6.45) is 3.07. The average Bonchev–Trinajstić information content (AvgIpc) is 2.17. The maximum atomic E-state index is 4.90. The van der Waals surface area contributed by atoms with Gasteiger partial charge in [-0.15, -0.1) is 0 Å². The number of furan rings is 1. The van der Waals surface area contributed by atoms with E-state index in [4.69, 9.17) is 18.1 Å². The van der Waals surface area contributed by atoms with Crippen LogP contribution in [0.3, 0.4) is 0 Å². The van der Waals surface area contributed by atoms with Gasteiger partial charge in [0.05, 0.1) is 12.5 Å². The van der Waals surface area contributed by atoms with Crippen molar-refractivity contribution in [2.45, 2.75) is 0 Å². The van der Waals surface area contributed by atoms with E-state index in [9.17, 15) is 0 Å². The zero-order valence-corrected chi connectivity index (χ0v) is 7.03. The lowest BCUT2D eigenvalue weighted by Gasteiger charge is -1.50. The highest BCUT2D eigenvalue weighted by Crippen LogP contribution is 1.78. The predicted octanol–water partition coefficient (Wildman–Crippen LogP) is 2.08. The van der Waals surface area contributed by atoms with Crippen molar-refractivity contribution in [3.05, 3.63) is 24.7 Å². The van der Waals surface area contributed by atoms with Crippen molar-refractivity contribution < 1.29 is 4.42 Å². The molecule has 0 bridgehead atoms. The van der Waals surface area contributed by atoms with Gasteiger partial charge in [-0.2, -0.15) is 0 Å². The van der Waals surface area contributed by atoms with Crippen LogP contribution in [0.2, 0.25) is 0 Å². The van der Waals surface area contributed by atoms with E-state index < -0.39 is 18.2 Å². The van der Waals surface area contributed by atoms with E-state index in [1.54, 1.807) is 12.3 Å². The van der Waals surface area contributed by atoms with E-state index in [0.717, 1.165) is 0 Å². The van der Waals surface area contributed by atoms with Gasteiger partial charge < -0.3 is 22.6 Å². The SMILES string of the molecule is [Cl][Mg][Cl].[c]1ccoc1. The number of rotatable bonds is 0. The van der Waals surface area contributed by atoms with Crippen LogP contribution in [0.5, 0.6) is 0 Å². The minimum atomic E-state index is -0.639. The van der Waals surface area contributed by atoms with Gasteiger partial charge in [0.2, 0.25) is 0 Å². The molecule has 1 rings (SSSR count). The second kappa shape index (κ2) is 7.63. The van der Waals surface area contributed by atoms with Crippen molar-refractivity contribution in [1.82, 2.24) is 0 Å². The third-order valence-electron chi connectivity index (χ3n) is 0.379. The number of hydrogen-bond acceptors (Lipinski definition) is 1. The van der Waals surface area contributed by atoms with E-state index in [1.165, 1.54) is 6.26 Å². The molecule has 0 spiro atoms. The Hall–Kier alpha value is 0.626. The summed E-state index contributed by atoms with van der Waals surface area (Å²) in [5.41, 5.74) is 0. The van der Waals surface area contributed by atoms with Gasteiger partial charge in [-0.05, 0) is 6.07 Å². The molecule has 1 aromatic rings. The van der Waals surface area contributed by atoms with Crippen LogP contribution in [0.1, 0.15) is 0 Å².